The zero-order valence-electron chi connectivity index (χ0n) is 21.5. The van der Waals surface area contributed by atoms with Gasteiger partial charge in [0, 0.05) is 44.6 Å². The van der Waals surface area contributed by atoms with Crippen molar-refractivity contribution in [2.45, 2.75) is 0 Å². The summed E-state index contributed by atoms with van der Waals surface area (Å²) in [5, 5.41) is 15.1. The minimum Gasteiger partial charge on any atom is -0.309 e. The minimum absolute atomic E-state index is 0.612. The lowest BCUT2D eigenvalue weighted by Gasteiger charge is -2.13. The Morgan fingerprint density at radius 2 is 0.975 bits per heavy atom. The van der Waals surface area contributed by atoms with Gasteiger partial charge in [-0.15, -0.1) is 0 Å². The van der Waals surface area contributed by atoms with Crippen LogP contribution >= 0.6 is 0 Å². The van der Waals surface area contributed by atoms with E-state index in [9.17, 15) is 5.26 Å². The molecule has 0 unspecified atom stereocenters. The van der Waals surface area contributed by atoms with Crippen molar-refractivity contribution < 1.29 is 0 Å². The van der Waals surface area contributed by atoms with Crippen LogP contribution in [0.25, 0.3) is 66.1 Å². The van der Waals surface area contributed by atoms with Crippen molar-refractivity contribution in [1.82, 2.24) is 14.1 Å². The van der Waals surface area contributed by atoms with Crippen LogP contribution in [0.3, 0.4) is 0 Å². The lowest BCUT2D eigenvalue weighted by Crippen LogP contribution is -1.98. The standard InChI is InChI=1S/C36H22N4/c37-21-24-19-26(39-33-13-5-1-9-29(33)30-10-2-6-14-34(30)39)17-18-28(24)25-20-27(23-38-22-25)40-35-15-7-3-11-31(35)32-12-4-8-16-36(32)40/h1-20,22-23H. The molecular formula is C36H22N4. The zero-order chi connectivity index (χ0) is 26.6. The SMILES string of the molecule is N#Cc1cc(-n2c3ccccc3c3ccccc32)ccc1-c1cncc(-n2c3ccccc3c3ccccc32)c1. The van der Waals surface area contributed by atoms with Crippen molar-refractivity contribution in [3.63, 3.8) is 0 Å². The second kappa shape index (κ2) is 8.69. The quantitative estimate of drug-likeness (QED) is 0.238. The summed E-state index contributed by atoms with van der Waals surface area (Å²) in [5.41, 5.74) is 8.81. The summed E-state index contributed by atoms with van der Waals surface area (Å²) in [6, 6.07) is 44.4. The lowest BCUT2D eigenvalue weighted by molar-refractivity contribution is 1.14. The van der Waals surface area contributed by atoms with E-state index in [4.69, 9.17) is 0 Å². The van der Waals surface area contributed by atoms with Crippen LogP contribution in [0.5, 0.6) is 0 Å². The minimum atomic E-state index is 0.612. The normalized spacial score (nSPS) is 11.5. The summed E-state index contributed by atoms with van der Waals surface area (Å²) >= 11 is 0. The number of nitriles is 1. The Hall–Kier alpha value is -5.66. The monoisotopic (exact) mass is 510 g/mol. The Kier molecular flexibility index (Phi) is 4.85. The largest absolute Gasteiger partial charge is 0.309 e. The topological polar surface area (TPSA) is 46.5 Å². The first-order valence-corrected chi connectivity index (χ1v) is 13.3. The Bertz CT molecular complexity index is 2190. The number of para-hydroxylation sites is 4. The van der Waals surface area contributed by atoms with Crippen molar-refractivity contribution in [2.24, 2.45) is 0 Å². The molecular weight excluding hydrogens is 488 g/mol. The molecule has 0 fully saturated rings. The highest BCUT2D eigenvalue weighted by Crippen LogP contribution is 2.35. The summed E-state index contributed by atoms with van der Waals surface area (Å²) in [5.74, 6) is 0. The molecule has 4 nitrogen and oxygen atoms in total. The fourth-order valence-electron chi connectivity index (χ4n) is 6.11. The Labute approximate surface area is 230 Å². The van der Waals surface area contributed by atoms with Gasteiger partial charge in [-0.05, 0) is 42.5 Å². The highest BCUT2D eigenvalue weighted by Gasteiger charge is 2.16. The van der Waals surface area contributed by atoms with Crippen molar-refractivity contribution in [3.05, 3.63) is 139 Å². The van der Waals surface area contributed by atoms with E-state index in [2.05, 4.69) is 129 Å². The third-order valence-electron chi connectivity index (χ3n) is 7.83. The first-order valence-electron chi connectivity index (χ1n) is 13.3. The first-order chi connectivity index (χ1) is 19.8. The molecule has 0 saturated heterocycles. The number of hydrogen-bond acceptors (Lipinski definition) is 2. The van der Waals surface area contributed by atoms with Gasteiger partial charge in [-0.2, -0.15) is 5.26 Å². The molecule has 8 aromatic rings. The summed E-state index contributed by atoms with van der Waals surface area (Å²) in [6.07, 6.45) is 3.73. The molecule has 0 saturated carbocycles. The van der Waals surface area contributed by atoms with E-state index in [-0.39, 0.29) is 0 Å². The average molecular weight is 511 g/mol. The van der Waals surface area contributed by atoms with Crippen molar-refractivity contribution >= 4 is 43.6 Å². The van der Waals surface area contributed by atoms with Crippen LogP contribution in [0, 0.1) is 11.3 Å². The van der Waals surface area contributed by atoms with E-state index in [0.717, 1.165) is 44.6 Å². The molecule has 0 spiro atoms. The van der Waals surface area contributed by atoms with Crippen LogP contribution < -0.4 is 0 Å². The van der Waals surface area contributed by atoms with Gasteiger partial charge in [0.15, 0.2) is 0 Å². The predicted octanol–water partition coefficient (Wildman–Crippen LogP) is 8.81. The molecule has 4 heteroatoms. The van der Waals surface area contributed by atoms with E-state index in [1.165, 1.54) is 21.5 Å². The van der Waals surface area contributed by atoms with E-state index in [1.54, 1.807) is 0 Å². The Balaban J connectivity index is 1.31. The molecule has 0 bridgehead atoms. The molecule has 0 aliphatic heterocycles. The molecule has 3 heterocycles. The molecule has 0 radical (unpaired) electrons. The van der Waals surface area contributed by atoms with Crippen LogP contribution in [-0.4, -0.2) is 14.1 Å². The number of rotatable bonds is 3. The molecule has 0 amide bonds. The number of hydrogen-bond donors (Lipinski definition) is 0. The zero-order valence-corrected chi connectivity index (χ0v) is 21.5. The number of nitrogens with zero attached hydrogens (tertiary/aromatic N) is 4. The fraction of sp³-hybridized carbons (Fsp3) is 0. The summed E-state index contributed by atoms with van der Waals surface area (Å²) in [7, 11) is 0. The van der Waals surface area contributed by atoms with Crippen LogP contribution in [0.2, 0.25) is 0 Å². The van der Waals surface area contributed by atoms with Crippen LogP contribution in [-0.2, 0) is 0 Å². The third-order valence-corrected chi connectivity index (χ3v) is 7.83. The van der Waals surface area contributed by atoms with Gasteiger partial charge in [0.05, 0.1) is 45.6 Å². The molecule has 186 valence electrons. The Morgan fingerprint density at radius 1 is 0.500 bits per heavy atom. The van der Waals surface area contributed by atoms with Crippen LogP contribution in [0.15, 0.2) is 134 Å². The fourth-order valence-corrected chi connectivity index (χ4v) is 6.11. The van der Waals surface area contributed by atoms with Gasteiger partial charge >= 0.3 is 0 Å². The van der Waals surface area contributed by atoms with Gasteiger partial charge in [0.2, 0.25) is 0 Å². The third kappa shape index (κ3) is 3.22. The molecule has 5 aromatic carbocycles. The summed E-state index contributed by atoms with van der Waals surface area (Å²) in [4.78, 5) is 4.62. The second-order valence-electron chi connectivity index (χ2n) is 10.0. The summed E-state index contributed by atoms with van der Waals surface area (Å²) < 4.78 is 4.49. The molecule has 0 N–H and O–H groups in total. The maximum Gasteiger partial charge on any atom is 0.0998 e. The van der Waals surface area contributed by atoms with Gasteiger partial charge < -0.3 is 9.13 Å². The lowest BCUT2D eigenvalue weighted by atomic mass is 10.0. The molecule has 0 aliphatic rings. The maximum atomic E-state index is 10.3. The first kappa shape index (κ1) is 22.3. The number of benzene rings is 5. The second-order valence-corrected chi connectivity index (χ2v) is 10.0. The molecule has 8 rings (SSSR count). The smallest absolute Gasteiger partial charge is 0.0998 e. The number of fused-ring (bicyclic) bond motifs is 6. The van der Waals surface area contributed by atoms with Gasteiger partial charge in [0.25, 0.3) is 0 Å². The highest BCUT2D eigenvalue weighted by molar-refractivity contribution is 6.10. The van der Waals surface area contributed by atoms with E-state index in [0.29, 0.717) is 5.56 Å². The van der Waals surface area contributed by atoms with Gasteiger partial charge in [-0.3, -0.25) is 4.98 Å². The van der Waals surface area contributed by atoms with E-state index < -0.39 is 0 Å². The highest BCUT2D eigenvalue weighted by atomic mass is 15.0. The average Bonchev–Trinajstić information content (AvgIpc) is 3.54. The number of pyridine rings is 1. The van der Waals surface area contributed by atoms with Gasteiger partial charge in [0.1, 0.15) is 0 Å². The van der Waals surface area contributed by atoms with E-state index >= 15 is 0 Å². The molecule has 40 heavy (non-hydrogen) atoms. The van der Waals surface area contributed by atoms with Gasteiger partial charge in [-0.1, -0.05) is 78.9 Å². The van der Waals surface area contributed by atoms with E-state index in [1.807, 2.05) is 24.5 Å². The molecule has 0 atom stereocenters. The van der Waals surface area contributed by atoms with Crippen LogP contribution in [0.4, 0.5) is 0 Å². The van der Waals surface area contributed by atoms with Crippen LogP contribution in [0.1, 0.15) is 5.56 Å². The molecule has 3 aromatic heterocycles. The van der Waals surface area contributed by atoms with Crippen molar-refractivity contribution in [2.75, 3.05) is 0 Å². The maximum absolute atomic E-state index is 10.3. The Morgan fingerprint density at radius 3 is 1.48 bits per heavy atom. The van der Waals surface area contributed by atoms with Crippen molar-refractivity contribution in [3.8, 4) is 28.6 Å². The summed E-state index contributed by atoms with van der Waals surface area (Å²) in [6.45, 7) is 0. The number of aromatic nitrogens is 3. The van der Waals surface area contributed by atoms with Crippen molar-refractivity contribution in [1.29, 1.82) is 5.26 Å². The van der Waals surface area contributed by atoms with Gasteiger partial charge in [-0.25, -0.2) is 0 Å². The molecule has 0 aliphatic carbocycles. The predicted molar refractivity (Wildman–Crippen MR) is 163 cm³/mol.